The first-order valence-electron chi connectivity index (χ1n) is 9.61. The minimum Gasteiger partial charge on any atom is -0.384 e. The van der Waals surface area contributed by atoms with E-state index in [-0.39, 0.29) is 18.1 Å². The van der Waals surface area contributed by atoms with Crippen molar-refractivity contribution in [3.05, 3.63) is 36.0 Å². The van der Waals surface area contributed by atoms with E-state index in [1.165, 1.54) is 6.26 Å². The molecule has 3 rings (SSSR count). The van der Waals surface area contributed by atoms with E-state index in [2.05, 4.69) is 20.2 Å². The summed E-state index contributed by atoms with van der Waals surface area (Å²) in [5, 5.41) is 2.80. The van der Waals surface area contributed by atoms with E-state index in [1.807, 2.05) is 0 Å². The van der Waals surface area contributed by atoms with Gasteiger partial charge >= 0.3 is 0 Å². The minimum atomic E-state index is -3.24. The van der Waals surface area contributed by atoms with Gasteiger partial charge in [-0.1, -0.05) is 0 Å². The molecule has 1 amide bonds. The number of ether oxygens (including phenoxy) is 2. The van der Waals surface area contributed by atoms with Gasteiger partial charge in [0.2, 0.25) is 5.91 Å². The summed E-state index contributed by atoms with van der Waals surface area (Å²) in [5.74, 6) is 0.826. The number of aromatic nitrogens is 2. The molecule has 1 fully saturated rings. The molecule has 0 saturated carbocycles. The minimum absolute atomic E-state index is 0.134. The van der Waals surface area contributed by atoms with Crippen LogP contribution in [0.4, 0.5) is 11.5 Å². The number of carbonyl (C=O) groups is 1. The van der Waals surface area contributed by atoms with Crippen molar-refractivity contribution in [1.29, 1.82) is 0 Å². The third kappa shape index (κ3) is 6.48. The van der Waals surface area contributed by atoms with Crippen molar-refractivity contribution in [2.24, 2.45) is 0 Å². The van der Waals surface area contributed by atoms with Gasteiger partial charge in [0.05, 0.1) is 37.7 Å². The Labute approximate surface area is 176 Å². The summed E-state index contributed by atoms with van der Waals surface area (Å²) >= 11 is 0. The Bertz CT molecular complexity index is 973. The van der Waals surface area contributed by atoms with Crippen molar-refractivity contribution in [2.45, 2.75) is 12.2 Å². The molecule has 1 aromatic heterocycles. The second-order valence-corrected chi connectivity index (χ2v) is 9.22. The first-order chi connectivity index (χ1) is 14.3. The van der Waals surface area contributed by atoms with E-state index in [4.69, 9.17) is 9.47 Å². The molecule has 1 aliphatic rings. The number of nitrogens with zero attached hydrogens (tertiary/aromatic N) is 3. The van der Waals surface area contributed by atoms with Crippen LogP contribution in [0.2, 0.25) is 0 Å². The summed E-state index contributed by atoms with van der Waals surface area (Å²) in [6, 6.07) is 8.85. The standard InChI is InChI=1S/C20H26N4O5S/c1-28-10-7-19(25)21-16-5-3-15(4-6-16)20-22-17(14-30(2,26)27)13-18(23-20)24-8-11-29-12-9-24/h3-6,13H,7-12,14H2,1-2H3,(H,21,25). The third-order valence-corrected chi connectivity index (χ3v) is 5.29. The molecule has 0 radical (unpaired) electrons. The highest BCUT2D eigenvalue weighted by molar-refractivity contribution is 7.89. The fraction of sp³-hybridized carbons (Fsp3) is 0.450. The predicted molar refractivity (Wildman–Crippen MR) is 114 cm³/mol. The number of anilines is 2. The van der Waals surface area contributed by atoms with Crippen molar-refractivity contribution >= 4 is 27.2 Å². The van der Waals surface area contributed by atoms with Crippen LogP contribution in [-0.4, -0.2) is 70.6 Å². The van der Waals surface area contributed by atoms with Gasteiger partial charge in [0.15, 0.2) is 15.7 Å². The smallest absolute Gasteiger partial charge is 0.226 e. The molecule has 0 aliphatic carbocycles. The van der Waals surface area contributed by atoms with Crippen molar-refractivity contribution in [2.75, 3.05) is 56.5 Å². The molecule has 0 atom stereocenters. The van der Waals surface area contributed by atoms with Gasteiger partial charge in [0, 0.05) is 43.8 Å². The van der Waals surface area contributed by atoms with Crippen LogP contribution in [-0.2, 0) is 29.9 Å². The van der Waals surface area contributed by atoms with E-state index in [1.54, 1.807) is 37.4 Å². The molecule has 2 heterocycles. The second kappa shape index (κ2) is 9.96. The zero-order valence-corrected chi connectivity index (χ0v) is 17.9. The highest BCUT2D eigenvalue weighted by atomic mass is 32.2. The van der Waals surface area contributed by atoms with Crippen molar-refractivity contribution < 1.29 is 22.7 Å². The lowest BCUT2D eigenvalue weighted by atomic mass is 10.2. The number of amides is 1. The Hall–Kier alpha value is -2.56. The molecular formula is C20H26N4O5S. The Morgan fingerprint density at radius 1 is 1.20 bits per heavy atom. The molecule has 2 aromatic rings. The average Bonchev–Trinajstić information content (AvgIpc) is 2.72. The van der Waals surface area contributed by atoms with E-state index >= 15 is 0 Å². The number of carbonyl (C=O) groups excluding carboxylic acids is 1. The van der Waals surface area contributed by atoms with Gasteiger partial charge in [-0.15, -0.1) is 0 Å². The summed E-state index contributed by atoms with van der Waals surface area (Å²) in [6.45, 7) is 2.91. The Balaban J connectivity index is 1.86. The van der Waals surface area contributed by atoms with E-state index in [0.29, 0.717) is 55.9 Å². The Morgan fingerprint density at radius 2 is 1.90 bits per heavy atom. The van der Waals surface area contributed by atoms with Gasteiger partial charge in [-0.05, 0) is 24.3 Å². The summed E-state index contributed by atoms with van der Waals surface area (Å²) < 4.78 is 33.9. The van der Waals surface area contributed by atoms with Crippen LogP contribution in [0.25, 0.3) is 11.4 Å². The van der Waals surface area contributed by atoms with Crippen LogP contribution >= 0.6 is 0 Å². The van der Waals surface area contributed by atoms with Gasteiger partial charge in [0.25, 0.3) is 0 Å². The Kier molecular flexibility index (Phi) is 7.35. The first kappa shape index (κ1) is 22.1. The van der Waals surface area contributed by atoms with Gasteiger partial charge in [0.1, 0.15) is 5.82 Å². The maximum Gasteiger partial charge on any atom is 0.226 e. The molecule has 9 nitrogen and oxygen atoms in total. The summed E-state index contributed by atoms with van der Waals surface area (Å²) in [4.78, 5) is 23.0. The first-order valence-corrected chi connectivity index (χ1v) is 11.7. The second-order valence-electron chi connectivity index (χ2n) is 7.08. The molecule has 30 heavy (non-hydrogen) atoms. The van der Waals surface area contributed by atoms with Crippen LogP contribution < -0.4 is 10.2 Å². The largest absolute Gasteiger partial charge is 0.384 e. The van der Waals surface area contributed by atoms with Gasteiger partial charge in [-0.3, -0.25) is 4.79 Å². The topological polar surface area (TPSA) is 111 Å². The quantitative estimate of drug-likeness (QED) is 0.665. The van der Waals surface area contributed by atoms with Crippen LogP contribution in [0.1, 0.15) is 12.1 Å². The normalized spacial score (nSPS) is 14.5. The molecule has 10 heteroatoms. The number of nitrogens with one attached hydrogen (secondary N) is 1. The molecule has 1 aromatic carbocycles. The fourth-order valence-electron chi connectivity index (χ4n) is 3.03. The molecule has 1 N–H and O–H groups in total. The molecule has 0 spiro atoms. The molecule has 1 saturated heterocycles. The summed E-state index contributed by atoms with van der Waals surface area (Å²) in [7, 11) is -1.70. The molecule has 162 valence electrons. The van der Waals surface area contributed by atoms with E-state index in [9.17, 15) is 13.2 Å². The average molecular weight is 435 g/mol. The highest BCUT2D eigenvalue weighted by Crippen LogP contribution is 2.23. The maximum atomic E-state index is 11.8. The highest BCUT2D eigenvalue weighted by Gasteiger charge is 2.17. The van der Waals surface area contributed by atoms with E-state index in [0.717, 1.165) is 5.56 Å². The summed E-state index contributed by atoms with van der Waals surface area (Å²) in [6.07, 6.45) is 1.46. The van der Waals surface area contributed by atoms with Gasteiger partial charge < -0.3 is 19.7 Å². The molecule has 1 aliphatic heterocycles. The zero-order chi connectivity index (χ0) is 21.6. The lowest BCUT2D eigenvalue weighted by molar-refractivity contribution is -0.117. The SMILES string of the molecule is COCCC(=O)Nc1ccc(-c2nc(CS(C)(=O)=O)cc(N3CCOCC3)n2)cc1. The zero-order valence-electron chi connectivity index (χ0n) is 17.1. The predicted octanol–water partition coefficient (Wildman–Crippen LogP) is 1.50. The number of hydrogen-bond donors (Lipinski definition) is 1. The van der Waals surface area contributed by atoms with Crippen molar-refractivity contribution in [1.82, 2.24) is 9.97 Å². The maximum absolute atomic E-state index is 11.8. The molecule has 0 unspecified atom stereocenters. The number of hydrogen-bond acceptors (Lipinski definition) is 8. The Morgan fingerprint density at radius 3 is 2.53 bits per heavy atom. The van der Waals surface area contributed by atoms with Gasteiger partial charge in [-0.2, -0.15) is 0 Å². The third-order valence-electron chi connectivity index (χ3n) is 4.47. The van der Waals surface area contributed by atoms with Crippen LogP contribution in [0.3, 0.4) is 0 Å². The number of benzene rings is 1. The lowest BCUT2D eigenvalue weighted by Crippen LogP contribution is -2.37. The van der Waals surface area contributed by atoms with Gasteiger partial charge in [-0.25, -0.2) is 18.4 Å². The van der Waals surface area contributed by atoms with Crippen molar-refractivity contribution in [3.63, 3.8) is 0 Å². The fourth-order valence-corrected chi connectivity index (χ4v) is 3.72. The van der Waals surface area contributed by atoms with E-state index < -0.39 is 9.84 Å². The van der Waals surface area contributed by atoms with Crippen molar-refractivity contribution in [3.8, 4) is 11.4 Å². The number of sulfone groups is 1. The van der Waals surface area contributed by atoms with Crippen LogP contribution in [0.15, 0.2) is 30.3 Å². The van der Waals surface area contributed by atoms with Crippen LogP contribution in [0, 0.1) is 0 Å². The van der Waals surface area contributed by atoms with Crippen LogP contribution in [0.5, 0.6) is 0 Å². The number of morpholine rings is 1. The molecular weight excluding hydrogens is 408 g/mol. The number of methoxy groups -OCH3 is 1. The summed E-state index contributed by atoms with van der Waals surface area (Å²) in [5.41, 5.74) is 1.83. The molecule has 0 bridgehead atoms. The monoisotopic (exact) mass is 434 g/mol. The number of rotatable bonds is 8. The lowest BCUT2D eigenvalue weighted by Gasteiger charge is -2.28.